The third kappa shape index (κ3) is 5.01. The van der Waals surface area contributed by atoms with Crippen LogP contribution in [0.15, 0.2) is 17.5 Å². The number of alkyl halides is 3. The first kappa shape index (κ1) is 14.4. The Kier molecular flexibility index (Phi) is 5.35. The molecule has 96 valence electrons. The van der Waals surface area contributed by atoms with Crippen molar-refractivity contribution in [1.82, 2.24) is 0 Å². The number of rotatable bonds is 6. The van der Waals surface area contributed by atoms with Crippen LogP contribution in [0.25, 0.3) is 0 Å². The molecule has 1 aromatic heterocycles. The first-order valence-corrected chi connectivity index (χ1v) is 6.16. The van der Waals surface area contributed by atoms with Crippen LogP contribution in [-0.2, 0) is 11.2 Å². The Balaban J connectivity index is 2.31. The second kappa shape index (κ2) is 6.32. The molecule has 17 heavy (non-hydrogen) atoms. The van der Waals surface area contributed by atoms with Crippen molar-refractivity contribution in [3.63, 3.8) is 0 Å². The lowest BCUT2D eigenvalue weighted by atomic mass is 10.1. The maximum Gasteiger partial charge on any atom is 0.400 e. The third-order valence-corrected chi connectivity index (χ3v) is 3.32. The van der Waals surface area contributed by atoms with Gasteiger partial charge in [-0.15, -0.1) is 11.3 Å². The van der Waals surface area contributed by atoms with Crippen molar-refractivity contribution in [1.29, 1.82) is 0 Å². The molecule has 0 radical (unpaired) electrons. The largest absolute Gasteiger partial charge is 0.400 e. The van der Waals surface area contributed by atoms with Gasteiger partial charge in [0.2, 0.25) is 0 Å². The lowest BCUT2D eigenvalue weighted by Gasteiger charge is -2.18. The molecule has 0 aromatic carbocycles. The van der Waals surface area contributed by atoms with Crippen LogP contribution in [0.2, 0.25) is 0 Å². The summed E-state index contributed by atoms with van der Waals surface area (Å²) in [7, 11) is 0. The minimum atomic E-state index is -4.44. The molecule has 0 aliphatic rings. The van der Waals surface area contributed by atoms with Crippen molar-refractivity contribution >= 4 is 28.5 Å². The van der Waals surface area contributed by atoms with E-state index in [-0.39, 0.29) is 6.61 Å². The third-order valence-electron chi connectivity index (χ3n) is 2.10. The molecule has 2 N–H and O–H groups in total. The average Bonchev–Trinajstić information content (AvgIpc) is 2.67. The van der Waals surface area contributed by atoms with Gasteiger partial charge >= 0.3 is 6.18 Å². The van der Waals surface area contributed by atoms with Crippen LogP contribution in [-0.4, -0.2) is 24.4 Å². The summed E-state index contributed by atoms with van der Waals surface area (Å²) in [6.07, 6.45) is -3.84. The Morgan fingerprint density at radius 1 is 1.53 bits per heavy atom. The number of hydrogen-bond donors (Lipinski definition) is 1. The maximum absolute atomic E-state index is 12.4. The summed E-state index contributed by atoms with van der Waals surface area (Å²) in [5.74, 6) is -1.86. The van der Waals surface area contributed by atoms with Gasteiger partial charge in [0.05, 0.1) is 18.2 Å². The van der Waals surface area contributed by atoms with E-state index in [1.807, 2.05) is 17.5 Å². The fourth-order valence-electron chi connectivity index (χ4n) is 1.17. The highest BCUT2D eigenvalue weighted by molar-refractivity contribution is 7.80. The van der Waals surface area contributed by atoms with Crippen LogP contribution in [0.1, 0.15) is 4.88 Å². The van der Waals surface area contributed by atoms with E-state index in [1.54, 1.807) is 11.3 Å². The molecular formula is C10H12F3NOS2. The van der Waals surface area contributed by atoms with Crippen LogP contribution in [0.3, 0.4) is 0 Å². The molecule has 0 spiro atoms. The summed E-state index contributed by atoms with van der Waals surface area (Å²) in [6, 6.07) is 3.79. The van der Waals surface area contributed by atoms with E-state index in [2.05, 4.69) is 12.2 Å². The van der Waals surface area contributed by atoms with Gasteiger partial charge in [-0.25, -0.2) is 0 Å². The molecule has 2 nitrogen and oxygen atoms in total. The van der Waals surface area contributed by atoms with Crippen molar-refractivity contribution in [2.45, 2.75) is 12.6 Å². The standard InChI is InChI=1S/C10H12F3NOS2/c11-10(12,13)8(9(14)16)6-15-4-3-7-2-1-5-17-7/h1-2,5,8H,3-4,6H2,(H2,14,16). The fraction of sp³-hybridized carbons (Fsp3) is 0.500. The van der Waals surface area contributed by atoms with Crippen molar-refractivity contribution in [3.05, 3.63) is 22.4 Å². The highest BCUT2D eigenvalue weighted by Crippen LogP contribution is 2.26. The molecule has 1 heterocycles. The second-order valence-corrected chi connectivity index (χ2v) is 4.90. The molecule has 0 aliphatic heterocycles. The van der Waals surface area contributed by atoms with Gasteiger partial charge in [-0.3, -0.25) is 0 Å². The minimum Gasteiger partial charge on any atom is -0.393 e. The van der Waals surface area contributed by atoms with Crippen LogP contribution < -0.4 is 5.73 Å². The zero-order valence-electron chi connectivity index (χ0n) is 8.87. The molecule has 1 atom stereocenters. The normalized spacial score (nSPS) is 13.6. The Labute approximate surface area is 107 Å². The molecule has 7 heteroatoms. The zero-order chi connectivity index (χ0) is 12.9. The van der Waals surface area contributed by atoms with E-state index < -0.39 is 23.7 Å². The van der Waals surface area contributed by atoms with Gasteiger partial charge < -0.3 is 10.5 Å². The molecule has 0 fully saturated rings. The van der Waals surface area contributed by atoms with Crippen molar-refractivity contribution in [2.75, 3.05) is 13.2 Å². The van der Waals surface area contributed by atoms with Gasteiger partial charge in [0.1, 0.15) is 5.92 Å². The lowest BCUT2D eigenvalue weighted by Crippen LogP contribution is -2.38. The number of thiocarbonyl (C=S) groups is 1. The Morgan fingerprint density at radius 3 is 2.71 bits per heavy atom. The summed E-state index contributed by atoms with van der Waals surface area (Å²) >= 11 is 5.92. The molecule has 0 saturated carbocycles. The van der Waals surface area contributed by atoms with Gasteiger partial charge in [0.15, 0.2) is 0 Å². The molecule has 1 aromatic rings. The molecule has 1 rings (SSSR count). The molecule has 0 aliphatic carbocycles. The first-order chi connectivity index (χ1) is 7.91. The Morgan fingerprint density at radius 2 is 2.24 bits per heavy atom. The predicted molar refractivity (Wildman–Crippen MR) is 65.2 cm³/mol. The Bertz CT molecular complexity index is 351. The molecule has 0 amide bonds. The van der Waals surface area contributed by atoms with Crippen LogP contribution in [0.5, 0.6) is 0 Å². The number of halogens is 3. The number of thiophene rings is 1. The quantitative estimate of drug-likeness (QED) is 0.644. The van der Waals surface area contributed by atoms with Gasteiger partial charge in [0, 0.05) is 11.3 Å². The van der Waals surface area contributed by atoms with Crippen molar-refractivity contribution in [3.8, 4) is 0 Å². The summed E-state index contributed by atoms with van der Waals surface area (Å²) < 4.78 is 42.3. The monoisotopic (exact) mass is 283 g/mol. The summed E-state index contributed by atoms with van der Waals surface area (Å²) in [5.41, 5.74) is 5.03. The van der Waals surface area contributed by atoms with E-state index >= 15 is 0 Å². The highest BCUT2D eigenvalue weighted by atomic mass is 32.1. The van der Waals surface area contributed by atoms with E-state index in [1.165, 1.54) is 0 Å². The van der Waals surface area contributed by atoms with Crippen LogP contribution in [0, 0.1) is 5.92 Å². The molecule has 0 saturated heterocycles. The maximum atomic E-state index is 12.4. The van der Waals surface area contributed by atoms with E-state index in [9.17, 15) is 13.2 Å². The summed E-state index contributed by atoms with van der Waals surface area (Å²) in [6.45, 7) is -0.278. The van der Waals surface area contributed by atoms with Crippen molar-refractivity contribution in [2.24, 2.45) is 11.7 Å². The lowest BCUT2D eigenvalue weighted by molar-refractivity contribution is -0.167. The predicted octanol–water partition coefficient (Wildman–Crippen LogP) is 2.77. The van der Waals surface area contributed by atoms with Crippen LogP contribution in [0.4, 0.5) is 13.2 Å². The number of hydrogen-bond acceptors (Lipinski definition) is 3. The smallest absolute Gasteiger partial charge is 0.393 e. The van der Waals surface area contributed by atoms with Gasteiger partial charge in [-0.05, 0) is 11.4 Å². The second-order valence-electron chi connectivity index (χ2n) is 3.40. The number of nitrogens with two attached hydrogens (primary N) is 1. The van der Waals surface area contributed by atoms with Crippen molar-refractivity contribution < 1.29 is 17.9 Å². The number of ether oxygens (including phenoxy) is 1. The molecular weight excluding hydrogens is 271 g/mol. The van der Waals surface area contributed by atoms with E-state index in [4.69, 9.17) is 10.5 Å². The minimum absolute atomic E-state index is 0.232. The summed E-state index contributed by atoms with van der Waals surface area (Å²) in [5, 5.41) is 1.91. The van der Waals surface area contributed by atoms with Crippen LogP contribution >= 0.6 is 23.6 Å². The fourth-order valence-corrected chi connectivity index (χ4v) is 2.06. The zero-order valence-corrected chi connectivity index (χ0v) is 10.5. The molecule has 1 unspecified atom stereocenters. The van der Waals surface area contributed by atoms with E-state index in [0.717, 1.165) is 4.88 Å². The topological polar surface area (TPSA) is 35.2 Å². The Hall–Kier alpha value is -0.660. The summed E-state index contributed by atoms with van der Waals surface area (Å²) in [4.78, 5) is 0.498. The molecule has 0 bridgehead atoms. The SMILES string of the molecule is NC(=S)C(COCCc1cccs1)C(F)(F)F. The highest BCUT2D eigenvalue weighted by Gasteiger charge is 2.41. The van der Waals surface area contributed by atoms with E-state index in [0.29, 0.717) is 6.42 Å². The van der Waals surface area contributed by atoms with Gasteiger partial charge in [-0.2, -0.15) is 13.2 Å². The van der Waals surface area contributed by atoms with Gasteiger partial charge in [-0.1, -0.05) is 18.3 Å². The first-order valence-electron chi connectivity index (χ1n) is 4.87. The van der Waals surface area contributed by atoms with Gasteiger partial charge in [0.25, 0.3) is 0 Å². The average molecular weight is 283 g/mol.